The van der Waals surface area contributed by atoms with Crippen molar-refractivity contribution in [3.63, 3.8) is 0 Å². The summed E-state index contributed by atoms with van der Waals surface area (Å²) in [6.07, 6.45) is 5.14. The second-order valence-corrected chi connectivity index (χ2v) is 7.19. The Bertz CT molecular complexity index is 613. The molecule has 2 heterocycles. The second-order valence-electron chi connectivity index (χ2n) is 7.19. The highest BCUT2D eigenvalue weighted by Crippen LogP contribution is 2.22. The van der Waals surface area contributed by atoms with Gasteiger partial charge in [0.05, 0.1) is 6.42 Å². The highest BCUT2D eigenvalue weighted by molar-refractivity contribution is 5.91. The monoisotopic (exact) mass is 344 g/mol. The number of amides is 3. The molecule has 25 heavy (non-hydrogen) atoms. The number of primary amides is 1. The lowest BCUT2D eigenvalue weighted by atomic mass is 10.1. The molecular weight excluding hydrogens is 316 g/mol. The van der Waals surface area contributed by atoms with Gasteiger partial charge in [-0.25, -0.2) is 4.79 Å². The van der Waals surface area contributed by atoms with E-state index >= 15 is 0 Å². The predicted molar refractivity (Wildman–Crippen MR) is 98.3 cm³/mol. The van der Waals surface area contributed by atoms with Crippen molar-refractivity contribution in [3.05, 3.63) is 29.8 Å². The first-order valence-electron chi connectivity index (χ1n) is 9.26. The Morgan fingerprint density at radius 3 is 2.64 bits per heavy atom. The molecule has 0 aromatic heterocycles. The fourth-order valence-corrected chi connectivity index (χ4v) is 3.85. The van der Waals surface area contributed by atoms with Gasteiger partial charge in [0.1, 0.15) is 0 Å². The van der Waals surface area contributed by atoms with Crippen LogP contribution in [0.25, 0.3) is 0 Å². The van der Waals surface area contributed by atoms with Crippen LogP contribution >= 0.6 is 0 Å². The molecule has 6 nitrogen and oxygen atoms in total. The average Bonchev–Trinajstić information content (AvgIpc) is 3.06. The van der Waals surface area contributed by atoms with Crippen LogP contribution in [-0.2, 0) is 11.2 Å². The summed E-state index contributed by atoms with van der Waals surface area (Å²) in [5.41, 5.74) is 6.72. The number of hydrogen-bond acceptors (Lipinski definition) is 3. The maximum absolute atomic E-state index is 12.6. The highest BCUT2D eigenvalue weighted by Gasteiger charge is 2.28. The summed E-state index contributed by atoms with van der Waals surface area (Å²) < 4.78 is 0. The van der Waals surface area contributed by atoms with Crippen LogP contribution < -0.4 is 11.1 Å². The Morgan fingerprint density at radius 2 is 1.88 bits per heavy atom. The molecule has 2 aliphatic heterocycles. The van der Waals surface area contributed by atoms with Crippen LogP contribution in [0.3, 0.4) is 0 Å². The molecule has 0 spiro atoms. The van der Waals surface area contributed by atoms with Crippen molar-refractivity contribution < 1.29 is 9.59 Å². The smallest absolute Gasteiger partial charge is 0.321 e. The third-order valence-electron chi connectivity index (χ3n) is 5.16. The Hall–Kier alpha value is -2.08. The van der Waals surface area contributed by atoms with Crippen molar-refractivity contribution in [1.82, 2.24) is 9.80 Å². The van der Waals surface area contributed by atoms with Crippen LogP contribution in [0.15, 0.2) is 24.3 Å². The molecule has 0 saturated carbocycles. The molecule has 0 unspecified atom stereocenters. The lowest BCUT2D eigenvalue weighted by Crippen LogP contribution is -2.37. The van der Waals surface area contributed by atoms with E-state index in [4.69, 9.17) is 5.73 Å². The number of hydrogen-bond donors (Lipinski definition) is 2. The zero-order chi connectivity index (χ0) is 17.6. The van der Waals surface area contributed by atoms with Gasteiger partial charge in [0.25, 0.3) is 0 Å². The molecular formula is C19H28N4O2. The molecule has 3 amide bonds. The van der Waals surface area contributed by atoms with E-state index in [2.05, 4.69) is 10.2 Å². The third kappa shape index (κ3) is 4.95. The van der Waals surface area contributed by atoms with E-state index < -0.39 is 5.91 Å². The first-order chi connectivity index (χ1) is 12.1. The molecule has 2 fully saturated rings. The molecule has 136 valence electrons. The first kappa shape index (κ1) is 17.7. The summed E-state index contributed by atoms with van der Waals surface area (Å²) in [6, 6.07) is 7.25. The summed E-state index contributed by atoms with van der Waals surface area (Å²) in [5.74, 6) is 0.161. The minimum Gasteiger partial charge on any atom is -0.369 e. The number of anilines is 1. The van der Waals surface area contributed by atoms with Crippen LogP contribution in [0.2, 0.25) is 0 Å². The van der Waals surface area contributed by atoms with Crippen LogP contribution in [0, 0.1) is 5.92 Å². The van der Waals surface area contributed by atoms with Crippen LogP contribution in [0.4, 0.5) is 10.5 Å². The zero-order valence-electron chi connectivity index (χ0n) is 14.7. The van der Waals surface area contributed by atoms with E-state index in [1.54, 1.807) is 0 Å². The van der Waals surface area contributed by atoms with E-state index in [1.807, 2.05) is 29.2 Å². The maximum Gasteiger partial charge on any atom is 0.321 e. The summed E-state index contributed by atoms with van der Waals surface area (Å²) in [5, 5.41) is 2.95. The molecule has 1 aromatic rings. The van der Waals surface area contributed by atoms with E-state index in [0.717, 1.165) is 31.6 Å². The van der Waals surface area contributed by atoms with Crippen molar-refractivity contribution in [2.24, 2.45) is 11.7 Å². The maximum atomic E-state index is 12.6. The van der Waals surface area contributed by atoms with Crippen molar-refractivity contribution in [2.45, 2.75) is 32.1 Å². The molecule has 0 aliphatic carbocycles. The van der Waals surface area contributed by atoms with Gasteiger partial charge in [0.2, 0.25) is 5.91 Å². The van der Waals surface area contributed by atoms with Gasteiger partial charge >= 0.3 is 6.03 Å². The topological polar surface area (TPSA) is 78.7 Å². The fourth-order valence-electron chi connectivity index (χ4n) is 3.85. The minimum absolute atomic E-state index is 0.0851. The van der Waals surface area contributed by atoms with Gasteiger partial charge in [-0.2, -0.15) is 0 Å². The SMILES string of the molecule is NC(=O)Cc1ccccc1NC(=O)N1CC[C@H](CN2CCCCC2)C1. The number of rotatable bonds is 5. The molecule has 1 aromatic carbocycles. The van der Waals surface area contributed by atoms with Crippen molar-refractivity contribution >= 4 is 17.6 Å². The number of urea groups is 1. The third-order valence-corrected chi connectivity index (χ3v) is 5.16. The van der Waals surface area contributed by atoms with Gasteiger partial charge in [-0.1, -0.05) is 24.6 Å². The Labute approximate surface area is 149 Å². The van der Waals surface area contributed by atoms with Gasteiger partial charge in [0.15, 0.2) is 0 Å². The van der Waals surface area contributed by atoms with Crippen molar-refractivity contribution in [2.75, 3.05) is 38.0 Å². The van der Waals surface area contributed by atoms with Crippen LogP contribution in [0.5, 0.6) is 0 Å². The Kier molecular flexibility index (Phi) is 5.91. The summed E-state index contributed by atoms with van der Waals surface area (Å²) in [7, 11) is 0. The number of piperidine rings is 1. The Morgan fingerprint density at radius 1 is 1.12 bits per heavy atom. The minimum atomic E-state index is -0.399. The standard InChI is InChI=1S/C19H28N4O2/c20-18(24)12-16-6-2-3-7-17(16)21-19(25)23-11-8-15(14-23)13-22-9-4-1-5-10-22/h2-3,6-7,15H,1,4-5,8-14H2,(H2,20,24)(H,21,25)/t15-/m1/s1. The molecule has 0 radical (unpaired) electrons. The summed E-state index contributed by atoms with van der Waals surface area (Å²) in [6.45, 7) is 5.09. The number of nitrogens with one attached hydrogen (secondary N) is 1. The number of carbonyl (C=O) groups is 2. The summed E-state index contributed by atoms with van der Waals surface area (Å²) >= 11 is 0. The lowest BCUT2D eigenvalue weighted by molar-refractivity contribution is -0.117. The number of nitrogens with zero attached hydrogens (tertiary/aromatic N) is 2. The van der Waals surface area contributed by atoms with E-state index in [1.165, 1.54) is 32.4 Å². The number of para-hydroxylation sites is 1. The van der Waals surface area contributed by atoms with Crippen LogP contribution in [-0.4, -0.2) is 54.5 Å². The normalized spacial score (nSPS) is 21.3. The van der Waals surface area contributed by atoms with Gasteiger partial charge in [-0.05, 0) is 49.9 Å². The first-order valence-corrected chi connectivity index (χ1v) is 9.26. The molecule has 3 rings (SSSR count). The van der Waals surface area contributed by atoms with E-state index in [9.17, 15) is 9.59 Å². The number of nitrogens with two attached hydrogens (primary N) is 1. The van der Waals surface area contributed by atoms with Crippen LogP contribution in [0.1, 0.15) is 31.2 Å². The molecule has 2 saturated heterocycles. The second kappa shape index (κ2) is 8.34. The zero-order valence-corrected chi connectivity index (χ0v) is 14.7. The highest BCUT2D eigenvalue weighted by atomic mass is 16.2. The molecule has 2 aliphatic rings. The molecule has 0 bridgehead atoms. The van der Waals surface area contributed by atoms with E-state index in [-0.39, 0.29) is 12.5 Å². The summed E-state index contributed by atoms with van der Waals surface area (Å²) in [4.78, 5) is 28.2. The lowest BCUT2D eigenvalue weighted by Gasteiger charge is -2.29. The van der Waals surface area contributed by atoms with Gasteiger partial charge < -0.3 is 20.9 Å². The predicted octanol–water partition coefficient (Wildman–Crippen LogP) is 2.05. The fraction of sp³-hybridized carbons (Fsp3) is 0.579. The number of likely N-dealkylation sites (tertiary alicyclic amines) is 2. The largest absolute Gasteiger partial charge is 0.369 e. The molecule has 1 atom stereocenters. The number of carbonyl (C=O) groups excluding carboxylic acids is 2. The van der Waals surface area contributed by atoms with Crippen molar-refractivity contribution in [1.29, 1.82) is 0 Å². The van der Waals surface area contributed by atoms with Gasteiger partial charge in [-0.3, -0.25) is 4.79 Å². The van der Waals surface area contributed by atoms with Crippen molar-refractivity contribution in [3.8, 4) is 0 Å². The number of benzene rings is 1. The Balaban J connectivity index is 1.53. The van der Waals surface area contributed by atoms with Gasteiger partial charge in [0, 0.05) is 25.3 Å². The molecule has 3 N–H and O–H groups in total. The molecule has 6 heteroatoms. The average molecular weight is 344 g/mol. The van der Waals surface area contributed by atoms with Gasteiger partial charge in [-0.15, -0.1) is 0 Å². The quantitative estimate of drug-likeness (QED) is 0.858. The van der Waals surface area contributed by atoms with E-state index in [0.29, 0.717) is 11.6 Å².